The van der Waals surface area contributed by atoms with Gasteiger partial charge in [-0.3, -0.25) is 14.3 Å². The van der Waals surface area contributed by atoms with Crippen LogP contribution in [0.4, 0.5) is 0 Å². The molecule has 51 heavy (non-hydrogen) atoms. The van der Waals surface area contributed by atoms with Crippen LogP contribution in [0.15, 0.2) is 21.9 Å². The van der Waals surface area contributed by atoms with Gasteiger partial charge in [0.05, 0.1) is 31.6 Å². The lowest BCUT2D eigenvalue weighted by Gasteiger charge is -2.37. The predicted octanol–water partition coefficient (Wildman–Crippen LogP) is 2.67. The van der Waals surface area contributed by atoms with Crippen molar-refractivity contribution in [2.45, 2.75) is 146 Å². The Balaban J connectivity index is 1.36. The second-order valence-corrected chi connectivity index (χ2v) is 16.1. The Morgan fingerprint density at radius 1 is 0.765 bits per heavy atom. The molecule has 1 unspecified atom stereocenters. The van der Waals surface area contributed by atoms with E-state index in [0.29, 0.717) is 24.2 Å². The zero-order chi connectivity index (χ0) is 37.1. The van der Waals surface area contributed by atoms with Gasteiger partial charge in [0.2, 0.25) is 0 Å². The molecule has 0 aromatic carbocycles. The molecule has 2 saturated heterocycles. The van der Waals surface area contributed by atoms with Gasteiger partial charge in [-0.2, -0.15) is 0 Å². The highest BCUT2D eigenvalue weighted by atomic mass is 31.2. The number of aromatic nitrogens is 2. The first-order valence-corrected chi connectivity index (χ1v) is 20.8. The van der Waals surface area contributed by atoms with Crippen LogP contribution in [-0.2, 0) is 23.1 Å². The SMILES string of the molecule is CCCCCCCCCCCCCCCCOCCCOP(=O)(CCN1C[C@H](O)C(O)[C@@H](O)C1)OC[C@H]1O[C@@H](n2c(=O)cc[nH]c2=O)[C@H](O)[C@@H]1O. The number of aliphatic hydroxyl groups is 5. The van der Waals surface area contributed by atoms with Gasteiger partial charge in [0.25, 0.3) is 5.56 Å². The largest absolute Gasteiger partial charge is 0.389 e. The van der Waals surface area contributed by atoms with Crippen LogP contribution in [0.2, 0.25) is 0 Å². The van der Waals surface area contributed by atoms with Gasteiger partial charge in [0.1, 0.15) is 24.4 Å². The molecule has 0 radical (unpaired) electrons. The molecule has 2 aliphatic rings. The summed E-state index contributed by atoms with van der Waals surface area (Å²) in [7, 11) is -3.88. The van der Waals surface area contributed by atoms with Crippen molar-refractivity contribution in [1.82, 2.24) is 14.5 Å². The number of aromatic amines is 1. The van der Waals surface area contributed by atoms with E-state index >= 15 is 0 Å². The molecule has 0 spiro atoms. The number of ether oxygens (including phenoxy) is 2. The molecule has 3 rings (SSSR count). The number of aliphatic hydroxyl groups excluding tert-OH is 5. The third kappa shape index (κ3) is 15.4. The van der Waals surface area contributed by atoms with Crippen LogP contribution in [0.25, 0.3) is 0 Å². The molecule has 1 aromatic heterocycles. The van der Waals surface area contributed by atoms with E-state index in [9.17, 15) is 39.7 Å². The van der Waals surface area contributed by atoms with Gasteiger partial charge < -0.3 is 49.0 Å². The van der Waals surface area contributed by atoms with E-state index in [4.69, 9.17) is 18.5 Å². The van der Waals surface area contributed by atoms with Gasteiger partial charge in [-0.15, -0.1) is 0 Å². The lowest BCUT2D eigenvalue weighted by molar-refractivity contribution is -0.108. The number of likely N-dealkylation sites (tertiary alicyclic amines) is 1. The Kier molecular flexibility index (Phi) is 20.7. The summed E-state index contributed by atoms with van der Waals surface area (Å²) in [5.41, 5.74) is -1.58. The van der Waals surface area contributed by atoms with E-state index in [1.54, 1.807) is 4.90 Å². The maximum atomic E-state index is 13.9. The molecule has 2 fully saturated rings. The van der Waals surface area contributed by atoms with Crippen LogP contribution in [0.3, 0.4) is 0 Å². The minimum Gasteiger partial charge on any atom is -0.389 e. The van der Waals surface area contributed by atoms with Gasteiger partial charge in [-0.05, 0) is 12.8 Å². The Bertz CT molecular complexity index is 1210. The van der Waals surface area contributed by atoms with E-state index in [1.165, 1.54) is 77.0 Å². The van der Waals surface area contributed by atoms with E-state index in [1.807, 2.05) is 0 Å². The molecule has 0 amide bonds. The number of rotatable bonds is 27. The van der Waals surface area contributed by atoms with Gasteiger partial charge >= 0.3 is 13.3 Å². The number of piperidine rings is 1. The van der Waals surface area contributed by atoms with Crippen molar-refractivity contribution in [1.29, 1.82) is 0 Å². The third-order valence-electron chi connectivity index (χ3n) is 9.65. The third-order valence-corrected chi connectivity index (χ3v) is 11.5. The molecule has 16 heteroatoms. The summed E-state index contributed by atoms with van der Waals surface area (Å²) in [5.74, 6) is 0. The number of nitrogens with one attached hydrogen (secondary N) is 1. The normalized spacial score (nSPS) is 25.8. The Morgan fingerprint density at radius 2 is 1.33 bits per heavy atom. The molecular weight excluding hydrogens is 685 g/mol. The first-order valence-electron chi connectivity index (χ1n) is 19.1. The molecular formula is C35H64N3O12P. The molecule has 1 aromatic rings. The van der Waals surface area contributed by atoms with Crippen molar-refractivity contribution < 1.29 is 48.6 Å². The zero-order valence-electron chi connectivity index (χ0n) is 30.4. The van der Waals surface area contributed by atoms with Crippen LogP contribution in [0.5, 0.6) is 0 Å². The average Bonchev–Trinajstić information content (AvgIpc) is 3.38. The second-order valence-electron chi connectivity index (χ2n) is 13.9. The van der Waals surface area contributed by atoms with E-state index in [-0.39, 0.29) is 32.4 Å². The van der Waals surface area contributed by atoms with Crippen LogP contribution in [0.1, 0.15) is 109 Å². The maximum absolute atomic E-state index is 13.9. The average molecular weight is 750 g/mol. The highest BCUT2D eigenvalue weighted by molar-refractivity contribution is 7.53. The topological polar surface area (TPSA) is 213 Å². The fraction of sp³-hybridized carbons (Fsp3) is 0.886. The lowest BCUT2D eigenvalue weighted by atomic mass is 10.0. The van der Waals surface area contributed by atoms with E-state index in [2.05, 4.69) is 11.9 Å². The highest BCUT2D eigenvalue weighted by Crippen LogP contribution is 2.49. The number of hydrogen-bond acceptors (Lipinski definition) is 13. The fourth-order valence-corrected chi connectivity index (χ4v) is 8.14. The van der Waals surface area contributed by atoms with Crippen molar-refractivity contribution in [3.8, 4) is 0 Å². The summed E-state index contributed by atoms with van der Waals surface area (Å²) < 4.78 is 37.3. The number of β-amino-alcohol motifs (C(OH)–C–C–N with tert-alkyl or cyclic N) is 2. The zero-order valence-corrected chi connectivity index (χ0v) is 31.3. The summed E-state index contributed by atoms with van der Waals surface area (Å²) in [5, 5.41) is 51.2. The number of H-pyrrole nitrogens is 1. The minimum absolute atomic E-state index is 0.0457. The molecule has 15 nitrogen and oxygen atoms in total. The molecule has 0 saturated carbocycles. The Hall–Kier alpha value is -1.49. The van der Waals surface area contributed by atoms with E-state index < -0.39 is 68.3 Å². The number of nitrogens with zero attached hydrogens (tertiary/aromatic N) is 2. The first-order chi connectivity index (χ1) is 24.6. The number of hydrogen-bond donors (Lipinski definition) is 6. The maximum Gasteiger partial charge on any atom is 0.332 e. The lowest BCUT2D eigenvalue weighted by Crippen LogP contribution is -2.55. The van der Waals surface area contributed by atoms with Crippen molar-refractivity contribution in [2.24, 2.45) is 0 Å². The van der Waals surface area contributed by atoms with Crippen molar-refractivity contribution in [3.63, 3.8) is 0 Å². The molecule has 6 N–H and O–H groups in total. The van der Waals surface area contributed by atoms with Crippen LogP contribution < -0.4 is 11.2 Å². The Labute approximate surface area is 301 Å². The molecule has 0 aliphatic carbocycles. The molecule has 3 heterocycles. The van der Waals surface area contributed by atoms with Gasteiger partial charge in [0.15, 0.2) is 6.23 Å². The summed E-state index contributed by atoms with van der Waals surface area (Å²) in [6, 6.07) is 1.08. The monoisotopic (exact) mass is 749 g/mol. The molecule has 2 aliphatic heterocycles. The summed E-state index contributed by atoms with van der Waals surface area (Å²) >= 11 is 0. The first kappa shape index (κ1) is 43.9. The minimum atomic E-state index is -3.88. The van der Waals surface area contributed by atoms with Gasteiger partial charge in [0, 0.05) is 45.1 Å². The standard InChI is InChI=1S/C35H64N3O12P/c1-2-3-4-5-6-7-8-9-10-11-12-13-14-15-20-47-21-16-22-48-51(46,23-19-37-24-27(39)31(42)28(40)25-37)49-26-29-32(43)33(44)34(50-29)38-30(41)17-18-36-35(38)45/h17-18,27-29,31-34,39-40,42-44H,2-16,19-26H2,1H3,(H,36,45)/t27-,28-,29+,32+,33+,34+,51?/m0/s1. The molecule has 0 bridgehead atoms. The van der Waals surface area contributed by atoms with Gasteiger partial charge in [-0.1, -0.05) is 90.4 Å². The van der Waals surface area contributed by atoms with Crippen molar-refractivity contribution in [2.75, 3.05) is 52.2 Å². The summed E-state index contributed by atoms with van der Waals surface area (Å²) in [4.78, 5) is 28.4. The second kappa shape index (κ2) is 24.0. The quantitative estimate of drug-likeness (QED) is 0.0565. The fourth-order valence-electron chi connectivity index (χ4n) is 6.50. The smallest absolute Gasteiger partial charge is 0.332 e. The molecule has 296 valence electrons. The van der Waals surface area contributed by atoms with Crippen LogP contribution in [-0.4, -0.2) is 129 Å². The molecule has 7 atom stereocenters. The van der Waals surface area contributed by atoms with Crippen LogP contribution >= 0.6 is 7.60 Å². The summed E-state index contributed by atoms with van der Waals surface area (Å²) in [6.45, 7) is 3.04. The highest BCUT2D eigenvalue weighted by Gasteiger charge is 2.46. The van der Waals surface area contributed by atoms with E-state index in [0.717, 1.165) is 25.1 Å². The van der Waals surface area contributed by atoms with Crippen molar-refractivity contribution >= 4 is 7.60 Å². The van der Waals surface area contributed by atoms with Crippen LogP contribution in [0, 0.1) is 0 Å². The Morgan fingerprint density at radius 3 is 1.92 bits per heavy atom. The predicted molar refractivity (Wildman–Crippen MR) is 192 cm³/mol. The van der Waals surface area contributed by atoms with Crippen molar-refractivity contribution in [3.05, 3.63) is 33.1 Å². The summed E-state index contributed by atoms with van der Waals surface area (Å²) in [6.07, 6.45) is 9.86. The number of unbranched alkanes of at least 4 members (excludes halogenated alkanes) is 13. The van der Waals surface area contributed by atoms with Gasteiger partial charge in [-0.25, -0.2) is 9.36 Å².